The first-order valence-corrected chi connectivity index (χ1v) is 11.9. The number of piperidine rings is 1. The lowest BCUT2D eigenvalue weighted by Crippen LogP contribution is -2.50. The van der Waals surface area contributed by atoms with Gasteiger partial charge < -0.3 is 9.84 Å². The van der Waals surface area contributed by atoms with Crippen molar-refractivity contribution in [3.63, 3.8) is 0 Å². The average molecular weight is 417 g/mol. The largest absolute Gasteiger partial charge is 0.393 e. The molecular weight excluding hydrogens is 384 g/mol. The number of hydrogen-bond acceptors (Lipinski definition) is 6. The molecule has 4 heterocycles. The molecule has 2 atom stereocenters. The molecule has 1 N–H and O–H groups in total. The van der Waals surface area contributed by atoms with E-state index < -0.39 is 0 Å². The van der Waals surface area contributed by atoms with Gasteiger partial charge in [-0.25, -0.2) is 0 Å². The van der Waals surface area contributed by atoms with Gasteiger partial charge in [0.1, 0.15) is 0 Å². The quantitative estimate of drug-likeness (QED) is 0.811. The zero-order valence-corrected chi connectivity index (χ0v) is 18.3. The summed E-state index contributed by atoms with van der Waals surface area (Å²) >= 11 is 1.99. The molecule has 2 aliphatic heterocycles. The molecular formula is C22H32N4O2S. The van der Waals surface area contributed by atoms with Gasteiger partial charge in [0.15, 0.2) is 0 Å². The van der Waals surface area contributed by atoms with Crippen LogP contribution in [-0.2, 0) is 36.3 Å². The standard InChI is InChI=1S/C22H32N4O2S/c1-3-19-10-20-21(29-19)4-7-28-22(20)5-6-25(15(2)11-22)13-17-14-26(24-23-17)12-16-8-18(27)9-16/h10,14-16,18,27H,3-9,11-13H2,1-2H3/t15-,16?,18?,22+/m0/s1. The Balaban J connectivity index is 1.23. The minimum absolute atomic E-state index is 0.0872. The molecule has 3 aliphatic rings. The molecule has 1 saturated carbocycles. The van der Waals surface area contributed by atoms with Crippen LogP contribution < -0.4 is 0 Å². The van der Waals surface area contributed by atoms with Crippen LogP contribution in [0.25, 0.3) is 0 Å². The highest BCUT2D eigenvalue weighted by Crippen LogP contribution is 2.46. The smallest absolute Gasteiger partial charge is 0.0969 e. The number of nitrogens with zero attached hydrogens (tertiary/aromatic N) is 4. The molecule has 2 aromatic rings. The number of rotatable bonds is 5. The van der Waals surface area contributed by atoms with Crippen LogP contribution >= 0.6 is 11.3 Å². The van der Waals surface area contributed by atoms with E-state index in [1.165, 1.54) is 10.4 Å². The molecule has 158 valence electrons. The van der Waals surface area contributed by atoms with Crippen LogP contribution in [0.15, 0.2) is 12.3 Å². The fourth-order valence-electron chi connectivity index (χ4n) is 5.33. The molecule has 29 heavy (non-hydrogen) atoms. The van der Waals surface area contributed by atoms with E-state index >= 15 is 0 Å². The van der Waals surface area contributed by atoms with Gasteiger partial charge in [0.2, 0.25) is 0 Å². The summed E-state index contributed by atoms with van der Waals surface area (Å²) in [4.78, 5) is 5.57. The number of thiophene rings is 1. The third-order valence-electron chi connectivity index (χ3n) is 7.07. The number of likely N-dealkylation sites (tertiary alicyclic amines) is 1. The fourth-order valence-corrected chi connectivity index (χ4v) is 6.51. The number of ether oxygens (including phenoxy) is 1. The van der Waals surface area contributed by atoms with Gasteiger partial charge in [-0.2, -0.15) is 0 Å². The Bertz CT molecular complexity index is 859. The van der Waals surface area contributed by atoms with Crippen LogP contribution in [0.3, 0.4) is 0 Å². The molecule has 1 spiro atoms. The number of aromatic nitrogens is 3. The summed E-state index contributed by atoms with van der Waals surface area (Å²) in [5.41, 5.74) is 2.43. The Kier molecular flexibility index (Phi) is 5.26. The molecule has 7 heteroatoms. The Labute approximate surface area is 176 Å². The van der Waals surface area contributed by atoms with E-state index in [-0.39, 0.29) is 11.7 Å². The van der Waals surface area contributed by atoms with Crippen molar-refractivity contribution >= 4 is 11.3 Å². The van der Waals surface area contributed by atoms with Crippen molar-refractivity contribution in [3.8, 4) is 0 Å². The highest BCUT2D eigenvalue weighted by atomic mass is 32.1. The lowest BCUT2D eigenvalue weighted by Gasteiger charge is -2.47. The van der Waals surface area contributed by atoms with Gasteiger partial charge in [0.25, 0.3) is 0 Å². The Morgan fingerprint density at radius 3 is 3.00 bits per heavy atom. The molecule has 0 bridgehead atoms. The topological polar surface area (TPSA) is 63.4 Å². The molecule has 0 aromatic carbocycles. The van der Waals surface area contributed by atoms with Gasteiger partial charge >= 0.3 is 0 Å². The van der Waals surface area contributed by atoms with Crippen molar-refractivity contribution < 1.29 is 9.84 Å². The summed E-state index contributed by atoms with van der Waals surface area (Å²) in [5.74, 6) is 0.546. The van der Waals surface area contributed by atoms with Gasteiger partial charge in [0.05, 0.1) is 24.0 Å². The molecule has 2 fully saturated rings. The van der Waals surface area contributed by atoms with E-state index in [0.29, 0.717) is 12.0 Å². The van der Waals surface area contributed by atoms with Crippen LogP contribution in [-0.4, -0.2) is 50.3 Å². The zero-order valence-electron chi connectivity index (χ0n) is 17.5. The summed E-state index contributed by atoms with van der Waals surface area (Å²) in [5, 5.41) is 18.2. The molecule has 6 nitrogen and oxygen atoms in total. The SMILES string of the molecule is CCc1cc2c(s1)CCO[C@@]21CCN(Cc2cn(CC3CC(O)C3)nn2)[C@@H](C)C1. The third kappa shape index (κ3) is 3.78. The number of aryl methyl sites for hydroxylation is 1. The van der Waals surface area contributed by atoms with Crippen molar-refractivity contribution in [2.24, 2.45) is 5.92 Å². The molecule has 0 amide bonds. The van der Waals surface area contributed by atoms with Gasteiger partial charge in [-0.15, -0.1) is 16.4 Å². The lowest BCUT2D eigenvalue weighted by molar-refractivity contribution is -0.112. The summed E-state index contributed by atoms with van der Waals surface area (Å²) in [7, 11) is 0. The third-order valence-corrected chi connectivity index (χ3v) is 8.40. The molecule has 5 rings (SSSR count). The Morgan fingerprint density at radius 2 is 2.24 bits per heavy atom. The predicted molar refractivity (Wildman–Crippen MR) is 113 cm³/mol. The van der Waals surface area contributed by atoms with E-state index in [1.807, 2.05) is 16.0 Å². The minimum Gasteiger partial charge on any atom is -0.393 e. The summed E-state index contributed by atoms with van der Waals surface area (Å²) in [6.07, 6.45) is 8.06. The van der Waals surface area contributed by atoms with Crippen LogP contribution in [0.2, 0.25) is 0 Å². The molecule has 0 unspecified atom stereocenters. The van der Waals surface area contributed by atoms with E-state index in [0.717, 1.165) is 70.5 Å². The Hall–Kier alpha value is -1.28. The second kappa shape index (κ2) is 7.76. The predicted octanol–water partition coefficient (Wildman–Crippen LogP) is 3.13. The van der Waals surface area contributed by atoms with E-state index in [2.05, 4.69) is 41.3 Å². The maximum absolute atomic E-state index is 9.47. The van der Waals surface area contributed by atoms with Crippen molar-refractivity contribution in [2.45, 2.75) is 83.2 Å². The fraction of sp³-hybridized carbons (Fsp3) is 0.727. The van der Waals surface area contributed by atoms with Crippen molar-refractivity contribution in [2.75, 3.05) is 13.2 Å². The lowest BCUT2D eigenvalue weighted by atomic mass is 9.79. The molecule has 1 saturated heterocycles. The second-order valence-corrected chi connectivity index (χ2v) is 10.4. The monoisotopic (exact) mass is 416 g/mol. The van der Waals surface area contributed by atoms with Gasteiger partial charge in [0, 0.05) is 48.0 Å². The molecule has 2 aromatic heterocycles. The maximum Gasteiger partial charge on any atom is 0.0969 e. The second-order valence-electron chi connectivity index (χ2n) is 9.19. The summed E-state index contributed by atoms with van der Waals surface area (Å²) in [6.45, 7) is 8.17. The van der Waals surface area contributed by atoms with E-state index in [4.69, 9.17) is 4.74 Å². The van der Waals surface area contributed by atoms with E-state index in [1.54, 1.807) is 4.88 Å². The van der Waals surface area contributed by atoms with Crippen LogP contribution in [0.1, 0.15) is 60.5 Å². The van der Waals surface area contributed by atoms with Gasteiger partial charge in [-0.1, -0.05) is 12.1 Å². The van der Waals surface area contributed by atoms with Gasteiger partial charge in [-0.05, 0) is 56.6 Å². The first-order chi connectivity index (χ1) is 14.0. The minimum atomic E-state index is -0.108. The van der Waals surface area contributed by atoms with Crippen molar-refractivity contribution in [1.29, 1.82) is 0 Å². The Morgan fingerprint density at radius 1 is 1.38 bits per heavy atom. The average Bonchev–Trinajstić information content (AvgIpc) is 3.30. The highest BCUT2D eigenvalue weighted by molar-refractivity contribution is 7.12. The number of hydrogen-bond donors (Lipinski definition) is 1. The number of aliphatic hydroxyl groups excluding tert-OH is 1. The van der Waals surface area contributed by atoms with Crippen molar-refractivity contribution in [1.82, 2.24) is 19.9 Å². The summed E-state index contributed by atoms with van der Waals surface area (Å²) in [6, 6.07) is 2.87. The first-order valence-electron chi connectivity index (χ1n) is 11.1. The zero-order chi connectivity index (χ0) is 20.0. The first kappa shape index (κ1) is 19.7. The van der Waals surface area contributed by atoms with E-state index in [9.17, 15) is 5.11 Å². The highest BCUT2D eigenvalue weighted by Gasteiger charge is 2.44. The number of aliphatic hydroxyl groups is 1. The maximum atomic E-state index is 9.47. The van der Waals surface area contributed by atoms with Crippen LogP contribution in [0.4, 0.5) is 0 Å². The molecule has 0 radical (unpaired) electrons. The normalized spacial score (nSPS) is 32.3. The van der Waals surface area contributed by atoms with Crippen LogP contribution in [0.5, 0.6) is 0 Å². The van der Waals surface area contributed by atoms with Crippen LogP contribution in [0, 0.1) is 5.92 Å². The summed E-state index contributed by atoms with van der Waals surface area (Å²) < 4.78 is 8.42. The van der Waals surface area contributed by atoms with Gasteiger partial charge in [-0.3, -0.25) is 9.58 Å². The number of fused-ring (bicyclic) bond motifs is 2. The molecule has 1 aliphatic carbocycles. The van der Waals surface area contributed by atoms with Crippen molar-refractivity contribution in [3.05, 3.63) is 33.3 Å².